The Morgan fingerprint density at radius 3 is 3.09 bits per heavy atom. The fourth-order valence-corrected chi connectivity index (χ4v) is 5.01. The summed E-state index contributed by atoms with van der Waals surface area (Å²) in [6.45, 7) is 1.87. The van der Waals surface area contributed by atoms with Crippen molar-refractivity contribution in [3.05, 3.63) is 77.5 Å². The van der Waals surface area contributed by atoms with E-state index >= 15 is 4.39 Å². The minimum atomic E-state index is -0.531. The first-order chi connectivity index (χ1) is 16.2. The van der Waals surface area contributed by atoms with Crippen molar-refractivity contribution in [2.45, 2.75) is 25.4 Å². The molecule has 0 unspecified atom stereocenters. The number of anilines is 3. The highest BCUT2D eigenvalue weighted by Crippen LogP contribution is 2.40. The van der Waals surface area contributed by atoms with Crippen LogP contribution in [0.5, 0.6) is 5.75 Å². The van der Waals surface area contributed by atoms with Crippen molar-refractivity contribution in [2.75, 3.05) is 29.9 Å². The van der Waals surface area contributed by atoms with Crippen LogP contribution in [0.4, 0.5) is 21.5 Å². The van der Waals surface area contributed by atoms with Gasteiger partial charge in [-0.25, -0.2) is 4.39 Å². The van der Waals surface area contributed by atoms with Gasteiger partial charge >= 0.3 is 0 Å². The van der Waals surface area contributed by atoms with Crippen molar-refractivity contribution in [1.82, 2.24) is 9.97 Å². The van der Waals surface area contributed by atoms with Crippen LogP contribution in [0.15, 0.2) is 54.9 Å². The number of para-hydroxylation sites is 1. The summed E-state index contributed by atoms with van der Waals surface area (Å²) in [5.41, 5.74) is 6.03. The number of benzene rings is 2. The first-order valence-electron chi connectivity index (χ1n) is 11.4. The monoisotopic (exact) mass is 444 g/mol. The minimum absolute atomic E-state index is 0.306. The molecule has 6 rings (SSSR count). The number of nitrogens with zero attached hydrogens (tertiary/aromatic N) is 2. The Morgan fingerprint density at radius 2 is 2.15 bits per heavy atom. The van der Waals surface area contributed by atoms with E-state index in [2.05, 4.69) is 32.3 Å². The molecule has 1 aliphatic carbocycles. The first kappa shape index (κ1) is 20.1. The second-order valence-corrected chi connectivity index (χ2v) is 8.65. The van der Waals surface area contributed by atoms with E-state index in [0.717, 1.165) is 29.6 Å². The summed E-state index contributed by atoms with van der Waals surface area (Å²) in [7, 11) is 0. The molecule has 0 saturated heterocycles. The lowest BCUT2D eigenvalue weighted by Gasteiger charge is -2.32. The highest BCUT2D eigenvalue weighted by atomic mass is 19.1. The lowest BCUT2D eigenvalue weighted by molar-refractivity contribution is 0.176. The molecule has 2 aliphatic rings. The topological polar surface area (TPSA) is 73.4 Å². The molecule has 7 heteroatoms. The molecule has 33 heavy (non-hydrogen) atoms. The second-order valence-electron chi connectivity index (χ2n) is 8.65. The van der Waals surface area contributed by atoms with E-state index in [4.69, 9.17) is 4.74 Å². The largest absolute Gasteiger partial charge is 0.489 e. The molecule has 6 nitrogen and oxygen atoms in total. The normalized spacial score (nSPS) is 17.0. The molecule has 2 aromatic carbocycles. The van der Waals surface area contributed by atoms with Crippen molar-refractivity contribution in [1.29, 1.82) is 0 Å². The van der Waals surface area contributed by atoms with Crippen LogP contribution in [-0.4, -0.2) is 34.8 Å². The molecule has 0 fully saturated rings. The lowest BCUT2D eigenvalue weighted by atomic mass is 10.1. The molecule has 0 radical (unpaired) electrons. The Labute approximate surface area is 191 Å². The Balaban J connectivity index is 1.24. The number of ether oxygens (including phenoxy) is 1. The van der Waals surface area contributed by atoms with Crippen molar-refractivity contribution in [3.63, 3.8) is 0 Å². The Hall–Kier alpha value is -3.58. The fraction of sp³-hybridized carbons (Fsp3) is 0.269. The van der Waals surface area contributed by atoms with Gasteiger partial charge in [0.25, 0.3) is 0 Å². The molecule has 0 saturated carbocycles. The standard InChI is InChI=1S/C26H25FN4O2/c27-20-13-17(30-22-7-9-28-25-19(22)5-6-23(25)32)14-24-26(20)31(11-12-33-24)10-8-16-15-29-21-4-2-1-3-18(16)21/h1-4,7,9,13-15,23,29,32H,5-6,8,10-12H2,(H,28,30)/t23-/m0/s1. The van der Waals surface area contributed by atoms with Crippen LogP contribution in [0, 0.1) is 5.82 Å². The maximum absolute atomic E-state index is 15.3. The molecule has 3 heterocycles. The van der Waals surface area contributed by atoms with E-state index < -0.39 is 6.10 Å². The molecule has 0 amide bonds. The van der Waals surface area contributed by atoms with Crippen LogP contribution in [0.3, 0.4) is 0 Å². The van der Waals surface area contributed by atoms with Gasteiger partial charge in [-0.15, -0.1) is 0 Å². The average Bonchev–Trinajstić information content (AvgIpc) is 3.42. The van der Waals surface area contributed by atoms with Gasteiger partial charge in [0.1, 0.15) is 18.0 Å². The summed E-state index contributed by atoms with van der Waals surface area (Å²) in [5.74, 6) is 0.243. The number of hydrogen-bond donors (Lipinski definition) is 3. The molecular weight excluding hydrogens is 419 g/mol. The highest BCUT2D eigenvalue weighted by molar-refractivity contribution is 5.83. The van der Waals surface area contributed by atoms with Crippen molar-refractivity contribution < 1.29 is 14.2 Å². The predicted octanol–water partition coefficient (Wildman–Crippen LogP) is 4.87. The summed E-state index contributed by atoms with van der Waals surface area (Å²) < 4.78 is 21.2. The van der Waals surface area contributed by atoms with Crippen LogP contribution in [0.2, 0.25) is 0 Å². The summed E-state index contributed by atoms with van der Waals surface area (Å²) >= 11 is 0. The molecule has 4 aromatic rings. The first-order valence-corrected chi connectivity index (χ1v) is 11.4. The van der Waals surface area contributed by atoms with E-state index in [1.54, 1.807) is 6.20 Å². The van der Waals surface area contributed by atoms with Gasteiger partial charge in [0.2, 0.25) is 0 Å². The molecule has 1 atom stereocenters. The number of halogens is 1. The Kier molecular flexibility index (Phi) is 4.91. The zero-order valence-electron chi connectivity index (χ0n) is 18.1. The van der Waals surface area contributed by atoms with Crippen molar-refractivity contribution in [3.8, 4) is 5.75 Å². The number of pyridine rings is 1. The summed E-state index contributed by atoms with van der Waals surface area (Å²) in [6.07, 6.45) is 5.41. The van der Waals surface area contributed by atoms with Gasteiger partial charge in [-0.05, 0) is 48.6 Å². The number of aromatic amines is 1. The summed E-state index contributed by atoms with van der Waals surface area (Å²) in [5, 5.41) is 14.6. The number of H-pyrrole nitrogens is 1. The number of fused-ring (bicyclic) bond motifs is 3. The summed E-state index contributed by atoms with van der Waals surface area (Å²) in [6, 6.07) is 13.5. The van der Waals surface area contributed by atoms with Gasteiger partial charge in [0, 0.05) is 47.3 Å². The van der Waals surface area contributed by atoms with Gasteiger partial charge in [-0.2, -0.15) is 0 Å². The number of aliphatic hydroxyl groups is 1. The van der Waals surface area contributed by atoms with Gasteiger partial charge in [-0.1, -0.05) is 18.2 Å². The molecule has 3 N–H and O–H groups in total. The molecule has 2 aromatic heterocycles. The third kappa shape index (κ3) is 3.58. The molecule has 1 aliphatic heterocycles. The van der Waals surface area contributed by atoms with E-state index in [0.29, 0.717) is 48.9 Å². The average molecular weight is 445 g/mol. The van der Waals surface area contributed by atoms with E-state index in [-0.39, 0.29) is 5.82 Å². The van der Waals surface area contributed by atoms with E-state index in [1.807, 2.05) is 30.5 Å². The lowest BCUT2D eigenvalue weighted by Crippen LogP contribution is -2.35. The Bertz CT molecular complexity index is 1340. The number of aromatic nitrogens is 2. The van der Waals surface area contributed by atoms with Crippen LogP contribution in [0.25, 0.3) is 10.9 Å². The SMILES string of the molecule is O[C@H]1CCc2c(Nc3cc(F)c4c(c3)OCCN4CCc3c[nH]c4ccccc34)ccnc21. The predicted molar refractivity (Wildman–Crippen MR) is 127 cm³/mol. The zero-order chi connectivity index (χ0) is 22.4. The van der Waals surface area contributed by atoms with Crippen molar-refractivity contribution >= 4 is 28.0 Å². The molecular formula is C26H25FN4O2. The third-order valence-corrected chi connectivity index (χ3v) is 6.64. The molecule has 168 valence electrons. The van der Waals surface area contributed by atoms with Gasteiger partial charge < -0.3 is 25.0 Å². The second kappa shape index (κ2) is 8.08. The van der Waals surface area contributed by atoms with Crippen LogP contribution in [-0.2, 0) is 12.8 Å². The van der Waals surface area contributed by atoms with Gasteiger partial charge in [0.15, 0.2) is 5.82 Å². The van der Waals surface area contributed by atoms with Crippen LogP contribution < -0.4 is 15.0 Å². The number of nitrogens with one attached hydrogen (secondary N) is 2. The molecule has 0 spiro atoms. The molecule has 0 bridgehead atoms. The van der Waals surface area contributed by atoms with Gasteiger partial charge in [-0.3, -0.25) is 4.98 Å². The number of rotatable bonds is 5. The highest BCUT2D eigenvalue weighted by Gasteiger charge is 2.26. The smallest absolute Gasteiger partial charge is 0.152 e. The van der Waals surface area contributed by atoms with E-state index in [1.165, 1.54) is 17.0 Å². The maximum Gasteiger partial charge on any atom is 0.152 e. The van der Waals surface area contributed by atoms with E-state index in [9.17, 15) is 5.11 Å². The Morgan fingerprint density at radius 1 is 1.24 bits per heavy atom. The van der Waals surface area contributed by atoms with Gasteiger partial charge in [0.05, 0.1) is 18.3 Å². The fourth-order valence-electron chi connectivity index (χ4n) is 5.01. The number of hydrogen-bond acceptors (Lipinski definition) is 5. The number of aliphatic hydroxyl groups excluding tert-OH is 1. The van der Waals surface area contributed by atoms with Crippen LogP contribution >= 0.6 is 0 Å². The zero-order valence-corrected chi connectivity index (χ0v) is 18.1. The maximum atomic E-state index is 15.3. The van der Waals surface area contributed by atoms with Crippen LogP contribution in [0.1, 0.15) is 29.3 Å². The van der Waals surface area contributed by atoms with Crippen molar-refractivity contribution in [2.24, 2.45) is 0 Å². The third-order valence-electron chi connectivity index (χ3n) is 6.64. The minimum Gasteiger partial charge on any atom is -0.489 e. The quantitative estimate of drug-likeness (QED) is 0.410. The summed E-state index contributed by atoms with van der Waals surface area (Å²) in [4.78, 5) is 9.68.